The maximum atomic E-state index is 12.7. The summed E-state index contributed by atoms with van der Waals surface area (Å²) in [5, 5.41) is 0. The topological polar surface area (TPSA) is 53.1 Å². The second kappa shape index (κ2) is 5.32. The van der Waals surface area contributed by atoms with Gasteiger partial charge in [-0.2, -0.15) is 13.2 Å². The maximum absolute atomic E-state index is 12.7. The third-order valence-electron chi connectivity index (χ3n) is 3.05. The molecule has 0 bridgehead atoms. The molecule has 1 aromatic heterocycles. The van der Waals surface area contributed by atoms with Crippen LogP contribution in [0.2, 0.25) is 0 Å². The summed E-state index contributed by atoms with van der Waals surface area (Å²) in [5.74, 6) is 0.187. The maximum Gasteiger partial charge on any atom is 0.416 e. The molecular formula is C13H16F3N3O. The van der Waals surface area contributed by atoms with Crippen molar-refractivity contribution >= 4 is 17.0 Å². The molecule has 2 aromatic rings. The SMILES string of the molecule is CCOCC(C)n1c(N)nc2cc(C(F)(F)F)ccc21. The van der Waals surface area contributed by atoms with Gasteiger partial charge in [0.05, 0.1) is 29.2 Å². The van der Waals surface area contributed by atoms with Crippen LogP contribution in [0.5, 0.6) is 0 Å². The van der Waals surface area contributed by atoms with Crippen molar-refractivity contribution < 1.29 is 17.9 Å². The Morgan fingerprint density at radius 1 is 1.40 bits per heavy atom. The van der Waals surface area contributed by atoms with E-state index in [1.54, 1.807) is 4.57 Å². The van der Waals surface area contributed by atoms with Gasteiger partial charge < -0.3 is 15.0 Å². The van der Waals surface area contributed by atoms with E-state index in [-0.39, 0.29) is 17.5 Å². The molecule has 0 aliphatic heterocycles. The third kappa shape index (κ3) is 2.72. The summed E-state index contributed by atoms with van der Waals surface area (Å²) >= 11 is 0. The molecule has 1 atom stereocenters. The van der Waals surface area contributed by atoms with Gasteiger partial charge in [0, 0.05) is 6.61 Å². The van der Waals surface area contributed by atoms with E-state index in [1.165, 1.54) is 6.07 Å². The molecule has 0 aliphatic carbocycles. The van der Waals surface area contributed by atoms with Gasteiger partial charge in [-0.3, -0.25) is 0 Å². The fraction of sp³-hybridized carbons (Fsp3) is 0.462. The molecule has 4 nitrogen and oxygen atoms in total. The fourth-order valence-electron chi connectivity index (χ4n) is 2.12. The summed E-state index contributed by atoms with van der Waals surface area (Å²) in [6, 6.07) is 3.34. The van der Waals surface area contributed by atoms with Gasteiger partial charge in [0.1, 0.15) is 0 Å². The largest absolute Gasteiger partial charge is 0.416 e. The van der Waals surface area contributed by atoms with Gasteiger partial charge in [0.15, 0.2) is 0 Å². The molecule has 0 saturated heterocycles. The Morgan fingerprint density at radius 2 is 2.10 bits per heavy atom. The van der Waals surface area contributed by atoms with Crippen LogP contribution in [-0.4, -0.2) is 22.8 Å². The van der Waals surface area contributed by atoms with Crippen molar-refractivity contribution in [2.45, 2.75) is 26.1 Å². The molecule has 1 unspecified atom stereocenters. The Hall–Kier alpha value is -1.76. The highest BCUT2D eigenvalue weighted by molar-refractivity contribution is 5.79. The van der Waals surface area contributed by atoms with E-state index < -0.39 is 11.7 Å². The fourth-order valence-corrected chi connectivity index (χ4v) is 2.12. The molecule has 0 spiro atoms. The van der Waals surface area contributed by atoms with Crippen LogP contribution in [-0.2, 0) is 10.9 Å². The van der Waals surface area contributed by atoms with E-state index >= 15 is 0 Å². The average Bonchev–Trinajstić information content (AvgIpc) is 2.69. The summed E-state index contributed by atoms with van der Waals surface area (Å²) in [4.78, 5) is 4.00. The smallest absolute Gasteiger partial charge is 0.380 e. The predicted molar refractivity (Wildman–Crippen MR) is 70.4 cm³/mol. The molecule has 7 heteroatoms. The van der Waals surface area contributed by atoms with Gasteiger partial charge in [-0.05, 0) is 32.0 Å². The van der Waals surface area contributed by atoms with Crippen molar-refractivity contribution in [3.63, 3.8) is 0 Å². The van der Waals surface area contributed by atoms with E-state index in [0.29, 0.717) is 18.7 Å². The lowest BCUT2D eigenvalue weighted by atomic mass is 10.2. The Balaban J connectivity index is 2.45. The van der Waals surface area contributed by atoms with E-state index in [1.807, 2.05) is 13.8 Å². The minimum Gasteiger partial charge on any atom is -0.380 e. The van der Waals surface area contributed by atoms with Gasteiger partial charge in [0.2, 0.25) is 5.95 Å². The average molecular weight is 287 g/mol. The van der Waals surface area contributed by atoms with Gasteiger partial charge in [-0.25, -0.2) is 4.98 Å². The first-order valence-electron chi connectivity index (χ1n) is 6.27. The van der Waals surface area contributed by atoms with Crippen LogP contribution in [0.4, 0.5) is 19.1 Å². The minimum atomic E-state index is -4.39. The van der Waals surface area contributed by atoms with Gasteiger partial charge >= 0.3 is 6.18 Å². The lowest BCUT2D eigenvalue weighted by Crippen LogP contribution is -2.14. The predicted octanol–water partition coefficient (Wildman–Crippen LogP) is 3.23. The van der Waals surface area contributed by atoms with Crippen LogP contribution in [0.25, 0.3) is 11.0 Å². The second-order valence-corrected chi connectivity index (χ2v) is 4.55. The molecule has 2 N–H and O–H groups in total. The normalized spacial score (nSPS) is 13.8. The Kier molecular flexibility index (Phi) is 3.89. The number of imidazole rings is 1. The van der Waals surface area contributed by atoms with Crippen LogP contribution in [0.3, 0.4) is 0 Å². The molecule has 1 aromatic carbocycles. The monoisotopic (exact) mass is 287 g/mol. The number of ether oxygens (including phenoxy) is 1. The van der Waals surface area contributed by atoms with Crippen LogP contribution < -0.4 is 5.73 Å². The summed E-state index contributed by atoms with van der Waals surface area (Å²) < 4.78 is 45.0. The number of aromatic nitrogens is 2. The molecule has 2 rings (SSSR count). The van der Waals surface area contributed by atoms with E-state index in [0.717, 1.165) is 12.1 Å². The summed E-state index contributed by atoms with van der Waals surface area (Å²) in [6.45, 7) is 4.74. The minimum absolute atomic E-state index is 0.100. The number of halogens is 3. The van der Waals surface area contributed by atoms with Gasteiger partial charge in [-0.1, -0.05) is 0 Å². The summed E-state index contributed by atoms with van der Waals surface area (Å²) in [5.41, 5.74) is 5.88. The molecule has 0 radical (unpaired) electrons. The molecule has 0 aliphatic rings. The number of nitrogens with two attached hydrogens (primary N) is 1. The lowest BCUT2D eigenvalue weighted by Gasteiger charge is -2.15. The van der Waals surface area contributed by atoms with Crippen LogP contribution in [0.15, 0.2) is 18.2 Å². The van der Waals surface area contributed by atoms with E-state index in [4.69, 9.17) is 10.5 Å². The molecule has 0 amide bonds. The molecule has 0 fully saturated rings. The number of alkyl halides is 3. The first-order chi connectivity index (χ1) is 9.34. The van der Waals surface area contributed by atoms with E-state index in [2.05, 4.69) is 4.98 Å². The number of fused-ring (bicyclic) bond motifs is 1. The number of nitrogen functional groups attached to an aromatic ring is 1. The van der Waals surface area contributed by atoms with Gasteiger partial charge in [-0.15, -0.1) is 0 Å². The number of rotatable bonds is 4. The number of benzene rings is 1. The summed E-state index contributed by atoms with van der Waals surface area (Å²) in [6.07, 6.45) is -4.39. The van der Waals surface area contributed by atoms with E-state index in [9.17, 15) is 13.2 Å². The van der Waals surface area contributed by atoms with Crippen molar-refractivity contribution in [3.8, 4) is 0 Å². The van der Waals surface area contributed by atoms with Crippen LogP contribution >= 0.6 is 0 Å². The highest BCUT2D eigenvalue weighted by Gasteiger charge is 2.31. The highest BCUT2D eigenvalue weighted by Crippen LogP contribution is 2.32. The van der Waals surface area contributed by atoms with Crippen molar-refractivity contribution in [2.75, 3.05) is 18.9 Å². The zero-order valence-corrected chi connectivity index (χ0v) is 11.2. The number of hydrogen-bond donors (Lipinski definition) is 1. The van der Waals surface area contributed by atoms with Crippen molar-refractivity contribution in [3.05, 3.63) is 23.8 Å². The second-order valence-electron chi connectivity index (χ2n) is 4.55. The third-order valence-corrected chi connectivity index (χ3v) is 3.05. The van der Waals surface area contributed by atoms with Gasteiger partial charge in [0.25, 0.3) is 0 Å². The standard InChI is InChI=1S/C13H16F3N3O/c1-3-20-7-8(2)19-11-5-4-9(13(14,15)16)6-10(11)18-12(19)17/h4-6,8H,3,7H2,1-2H3,(H2,17,18). The molecule has 110 valence electrons. The Morgan fingerprint density at radius 3 is 2.70 bits per heavy atom. The van der Waals surface area contributed by atoms with Crippen molar-refractivity contribution in [1.82, 2.24) is 9.55 Å². The zero-order chi connectivity index (χ0) is 14.9. The number of hydrogen-bond acceptors (Lipinski definition) is 3. The Bertz CT molecular complexity index is 607. The first-order valence-corrected chi connectivity index (χ1v) is 6.27. The number of nitrogens with zero attached hydrogens (tertiary/aromatic N) is 2. The number of anilines is 1. The Labute approximate surface area is 114 Å². The first kappa shape index (κ1) is 14.6. The summed E-state index contributed by atoms with van der Waals surface area (Å²) in [7, 11) is 0. The molecule has 20 heavy (non-hydrogen) atoms. The van der Waals surface area contributed by atoms with Crippen molar-refractivity contribution in [2.24, 2.45) is 0 Å². The molecule has 1 heterocycles. The highest BCUT2D eigenvalue weighted by atomic mass is 19.4. The lowest BCUT2D eigenvalue weighted by molar-refractivity contribution is -0.137. The quantitative estimate of drug-likeness (QED) is 0.939. The molecule has 0 saturated carbocycles. The van der Waals surface area contributed by atoms with Crippen LogP contribution in [0.1, 0.15) is 25.5 Å². The zero-order valence-electron chi connectivity index (χ0n) is 11.2. The van der Waals surface area contributed by atoms with Crippen LogP contribution in [0, 0.1) is 0 Å². The molecular weight excluding hydrogens is 271 g/mol. The van der Waals surface area contributed by atoms with Crippen molar-refractivity contribution in [1.29, 1.82) is 0 Å².